The average Bonchev–Trinajstić information content (AvgIpc) is 2.79. The van der Waals surface area contributed by atoms with Crippen LogP contribution in [0.15, 0.2) is 18.2 Å². The molecule has 112 valence electrons. The molecule has 8 heteroatoms. The number of alkyl halides is 2. The number of benzene rings is 1. The van der Waals surface area contributed by atoms with Crippen molar-refractivity contribution in [1.29, 1.82) is 0 Å². The number of hydrazine groups is 1. The van der Waals surface area contributed by atoms with E-state index in [1.54, 1.807) is 19.1 Å². The molecule has 1 aromatic carbocycles. The Balaban J connectivity index is 1.61. The second kappa shape index (κ2) is 4.68. The highest BCUT2D eigenvalue weighted by Gasteiger charge is 2.68. The van der Waals surface area contributed by atoms with Gasteiger partial charge in [0.25, 0.3) is 5.91 Å². The van der Waals surface area contributed by atoms with Crippen LogP contribution < -0.4 is 20.3 Å². The SMILES string of the molecule is C[C@]1(C(=O)NNC(=O)c2ccc3c(c2)OCO3)CC1(Cl)Cl. The fourth-order valence-electron chi connectivity index (χ4n) is 2.01. The lowest BCUT2D eigenvalue weighted by molar-refractivity contribution is -0.126. The Morgan fingerprint density at radius 2 is 1.86 bits per heavy atom. The van der Waals surface area contributed by atoms with E-state index in [1.807, 2.05) is 0 Å². The van der Waals surface area contributed by atoms with E-state index in [4.69, 9.17) is 32.7 Å². The Kier molecular flexibility index (Phi) is 3.18. The monoisotopic (exact) mass is 330 g/mol. The van der Waals surface area contributed by atoms with Crippen molar-refractivity contribution in [2.24, 2.45) is 5.41 Å². The first-order chi connectivity index (χ1) is 9.83. The van der Waals surface area contributed by atoms with Crippen LogP contribution in [0.1, 0.15) is 23.7 Å². The maximum absolute atomic E-state index is 12.0. The third-order valence-electron chi connectivity index (χ3n) is 3.68. The van der Waals surface area contributed by atoms with E-state index in [2.05, 4.69) is 10.9 Å². The lowest BCUT2D eigenvalue weighted by Gasteiger charge is -2.13. The zero-order valence-electron chi connectivity index (χ0n) is 11.0. The zero-order valence-corrected chi connectivity index (χ0v) is 12.5. The molecule has 2 aliphatic rings. The molecule has 0 aromatic heterocycles. The Labute approximate surface area is 130 Å². The average molecular weight is 331 g/mol. The van der Waals surface area contributed by atoms with Gasteiger partial charge in [0.05, 0.1) is 5.41 Å². The van der Waals surface area contributed by atoms with Gasteiger partial charge in [0.15, 0.2) is 11.5 Å². The van der Waals surface area contributed by atoms with Crippen molar-refractivity contribution in [3.63, 3.8) is 0 Å². The van der Waals surface area contributed by atoms with E-state index in [1.165, 1.54) is 6.07 Å². The number of carbonyl (C=O) groups is 2. The van der Waals surface area contributed by atoms with Crippen LogP contribution in [0, 0.1) is 5.41 Å². The van der Waals surface area contributed by atoms with Crippen molar-refractivity contribution in [2.45, 2.75) is 17.7 Å². The first-order valence-corrected chi connectivity index (χ1v) is 6.97. The van der Waals surface area contributed by atoms with E-state index in [0.29, 0.717) is 23.5 Å². The first-order valence-electron chi connectivity index (χ1n) is 6.22. The standard InChI is InChI=1S/C13H12Cl2N2O4/c1-12(5-13(12,14)15)11(19)17-16-10(18)7-2-3-8-9(4-7)21-6-20-8/h2-4H,5-6H2,1H3,(H,16,18)(H,17,19)/t12-/m1/s1. The number of carbonyl (C=O) groups excluding carboxylic acids is 2. The summed E-state index contributed by atoms with van der Waals surface area (Å²) in [6, 6.07) is 4.74. The summed E-state index contributed by atoms with van der Waals surface area (Å²) in [6.45, 7) is 1.76. The number of hydrogen-bond donors (Lipinski definition) is 2. The fraction of sp³-hybridized carbons (Fsp3) is 0.385. The van der Waals surface area contributed by atoms with Gasteiger partial charge in [-0.25, -0.2) is 0 Å². The quantitative estimate of drug-likeness (QED) is 0.640. The Hall–Kier alpha value is -1.66. The van der Waals surface area contributed by atoms with Crippen molar-refractivity contribution in [3.05, 3.63) is 23.8 Å². The Morgan fingerprint density at radius 3 is 2.52 bits per heavy atom. The topological polar surface area (TPSA) is 76.7 Å². The van der Waals surface area contributed by atoms with Gasteiger partial charge in [-0.1, -0.05) is 0 Å². The molecule has 1 saturated carbocycles. The minimum absolute atomic E-state index is 0.128. The highest BCUT2D eigenvalue weighted by atomic mass is 35.5. The molecule has 1 aliphatic heterocycles. The van der Waals surface area contributed by atoms with Crippen LogP contribution in [-0.2, 0) is 4.79 Å². The van der Waals surface area contributed by atoms with Gasteiger partial charge in [-0.2, -0.15) is 0 Å². The highest BCUT2D eigenvalue weighted by Crippen LogP contribution is 2.63. The lowest BCUT2D eigenvalue weighted by Crippen LogP contribution is -2.45. The molecule has 1 aromatic rings. The number of nitrogens with one attached hydrogen (secondary N) is 2. The highest BCUT2D eigenvalue weighted by molar-refractivity contribution is 6.53. The molecule has 21 heavy (non-hydrogen) atoms. The summed E-state index contributed by atoms with van der Waals surface area (Å²) in [5.41, 5.74) is 4.10. The van der Waals surface area contributed by atoms with Gasteiger partial charge in [0.2, 0.25) is 12.7 Å². The minimum Gasteiger partial charge on any atom is -0.454 e. The maximum Gasteiger partial charge on any atom is 0.269 e. The molecular formula is C13H12Cl2N2O4. The predicted octanol–water partition coefficient (Wildman–Crippen LogP) is 1.76. The van der Waals surface area contributed by atoms with Crippen LogP contribution in [0.2, 0.25) is 0 Å². The van der Waals surface area contributed by atoms with Gasteiger partial charge in [0.1, 0.15) is 4.33 Å². The molecule has 0 radical (unpaired) electrons. The number of fused-ring (bicyclic) bond motifs is 1. The molecular weight excluding hydrogens is 319 g/mol. The molecule has 0 saturated heterocycles. The molecule has 1 aliphatic carbocycles. The van der Waals surface area contributed by atoms with Crippen LogP contribution in [0.5, 0.6) is 11.5 Å². The van der Waals surface area contributed by atoms with Gasteiger partial charge < -0.3 is 9.47 Å². The maximum atomic E-state index is 12.0. The summed E-state index contributed by atoms with van der Waals surface area (Å²) in [7, 11) is 0. The largest absolute Gasteiger partial charge is 0.454 e. The van der Waals surface area contributed by atoms with E-state index >= 15 is 0 Å². The second-order valence-corrected chi connectivity index (χ2v) is 6.67. The number of rotatable bonds is 2. The van der Waals surface area contributed by atoms with Crippen LogP contribution >= 0.6 is 23.2 Å². The van der Waals surface area contributed by atoms with Gasteiger partial charge in [-0.3, -0.25) is 20.4 Å². The normalized spacial score (nSPS) is 24.3. The van der Waals surface area contributed by atoms with Gasteiger partial charge in [0, 0.05) is 5.56 Å². The van der Waals surface area contributed by atoms with Gasteiger partial charge >= 0.3 is 0 Å². The van der Waals surface area contributed by atoms with Crippen molar-refractivity contribution < 1.29 is 19.1 Å². The Bertz CT molecular complexity index is 635. The molecule has 1 atom stereocenters. The van der Waals surface area contributed by atoms with Gasteiger partial charge in [-0.15, -0.1) is 23.2 Å². The summed E-state index contributed by atoms with van der Waals surface area (Å²) in [5, 5.41) is 0. The fourth-order valence-corrected chi connectivity index (χ4v) is 2.71. The second-order valence-electron chi connectivity index (χ2n) is 5.19. The number of halogens is 2. The molecule has 1 fully saturated rings. The molecule has 2 N–H and O–H groups in total. The van der Waals surface area contributed by atoms with E-state index < -0.39 is 21.6 Å². The molecule has 3 rings (SSSR count). The zero-order chi connectivity index (χ0) is 15.3. The molecule has 0 unspecified atom stereocenters. The van der Waals surface area contributed by atoms with Crippen molar-refractivity contribution in [1.82, 2.24) is 10.9 Å². The number of amides is 2. The predicted molar refractivity (Wildman–Crippen MR) is 75.3 cm³/mol. The smallest absolute Gasteiger partial charge is 0.269 e. The molecule has 0 spiro atoms. The molecule has 6 nitrogen and oxygen atoms in total. The summed E-state index contributed by atoms with van der Waals surface area (Å²) < 4.78 is 9.25. The van der Waals surface area contributed by atoms with E-state index in [0.717, 1.165) is 0 Å². The van der Waals surface area contributed by atoms with Crippen LogP contribution in [0.3, 0.4) is 0 Å². The minimum atomic E-state index is -1.08. The van der Waals surface area contributed by atoms with Crippen molar-refractivity contribution in [3.8, 4) is 11.5 Å². The first kappa shape index (κ1) is 14.3. The summed E-state index contributed by atoms with van der Waals surface area (Å²) >= 11 is 11.8. The summed E-state index contributed by atoms with van der Waals surface area (Å²) in [6.07, 6.45) is 0.342. The van der Waals surface area contributed by atoms with E-state index in [-0.39, 0.29) is 6.79 Å². The van der Waals surface area contributed by atoms with Crippen LogP contribution in [-0.4, -0.2) is 22.9 Å². The number of ether oxygens (including phenoxy) is 2. The van der Waals surface area contributed by atoms with Crippen LogP contribution in [0.4, 0.5) is 0 Å². The van der Waals surface area contributed by atoms with Crippen molar-refractivity contribution >= 4 is 35.0 Å². The third-order valence-corrected chi connectivity index (χ3v) is 4.78. The summed E-state index contributed by atoms with van der Waals surface area (Å²) in [4.78, 5) is 23.9. The van der Waals surface area contributed by atoms with Gasteiger partial charge in [-0.05, 0) is 31.5 Å². The summed E-state index contributed by atoms with van der Waals surface area (Å²) in [5.74, 6) is 0.168. The third kappa shape index (κ3) is 2.38. The molecule has 0 bridgehead atoms. The lowest BCUT2D eigenvalue weighted by atomic mass is 10.1. The van der Waals surface area contributed by atoms with Crippen molar-refractivity contribution in [2.75, 3.05) is 6.79 Å². The molecule has 2 amide bonds. The molecule has 1 heterocycles. The number of hydrogen-bond acceptors (Lipinski definition) is 4. The van der Waals surface area contributed by atoms with Crippen LogP contribution in [0.25, 0.3) is 0 Å². The Morgan fingerprint density at radius 1 is 1.19 bits per heavy atom. The van der Waals surface area contributed by atoms with E-state index in [9.17, 15) is 9.59 Å².